The molecule has 162 valence electrons. The number of carbonyl (C=O) groups excluding carboxylic acids is 3. The van der Waals surface area contributed by atoms with E-state index in [0.717, 1.165) is 5.56 Å². The van der Waals surface area contributed by atoms with E-state index in [0.29, 0.717) is 27.7 Å². The Morgan fingerprint density at radius 1 is 1.29 bits per heavy atom. The highest BCUT2D eigenvalue weighted by molar-refractivity contribution is 6.31. The van der Waals surface area contributed by atoms with Crippen molar-refractivity contribution < 1.29 is 19.1 Å². The zero-order chi connectivity index (χ0) is 22.3. The van der Waals surface area contributed by atoms with Gasteiger partial charge in [-0.1, -0.05) is 29.3 Å². The molecule has 1 fully saturated rings. The summed E-state index contributed by atoms with van der Waals surface area (Å²) < 4.78 is 5.32. The van der Waals surface area contributed by atoms with Gasteiger partial charge < -0.3 is 21.1 Å². The third kappa shape index (κ3) is 3.62. The third-order valence-electron chi connectivity index (χ3n) is 5.86. The summed E-state index contributed by atoms with van der Waals surface area (Å²) in [7, 11) is 1.49. The fourth-order valence-electron chi connectivity index (χ4n) is 4.55. The number of fused-ring (bicyclic) bond motifs is 2. The normalized spacial score (nSPS) is 24.0. The van der Waals surface area contributed by atoms with Crippen LogP contribution in [0.25, 0.3) is 0 Å². The molecule has 4 rings (SSSR count). The molecule has 3 amide bonds. The van der Waals surface area contributed by atoms with Gasteiger partial charge in [-0.25, -0.2) is 0 Å². The van der Waals surface area contributed by atoms with Gasteiger partial charge in [0.2, 0.25) is 17.7 Å². The average Bonchev–Trinajstić information content (AvgIpc) is 3.21. The Morgan fingerprint density at radius 2 is 2.06 bits per heavy atom. The van der Waals surface area contributed by atoms with Crippen molar-refractivity contribution in [2.45, 2.75) is 31.3 Å². The maximum absolute atomic E-state index is 13.5. The van der Waals surface area contributed by atoms with Crippen molar-refractivity contribution in [1.29, 1.82) is 0 Å². The number of rotatable bonds is 5. The van der Waals surface area contributed by atoms with E-state index in [-0.39, 0.29) is 24.7 Å². The Bertz CT molecular complexity index is 1090. The number of primary amides is 1. The molecule has 2 aromatic carbocycles. The minimum Gasteiger partial charge on any atom is -0.495 e. The molecule has 5 N–H and O–H groups in total. The molecule has 0 saturated carbocycles. The third-order valence-corrected chi connectivity index (χ3v) is 6.10. The van der Waals surface area contributed by atoms with Crippen molar-refractivity contribution in [3.8, 4) is 5.75 Å². The van der Waals surface area contributed by atoms with E-state index in [2.05, 4.69) is 16.0 Å². The SMILES string of the molecule is COc1ccc(Cl)cc1NC(=O)C1CC(CC(N)=O)NC12C(=O)Nc1ccc(C)cc12. The van der Waals surface area contributed by atoms with Gasteiger partial charge >= 0.3 is 0 Å². The van der Waals surface area contributed by atoms with Crippen LogP contribution in [0.3, 0.4) is 0 Å². The van der Waals surface area contributed by atoms with E-state index in [9.17, 15) is 14.4 Å². The lowest BCUT2D eigenvalue weighted by molar-refractivity contribution is -0.130. The average molecular weight is 443 g/mol. The Morgan fingerprint density at radius 3 is 2.77 bits per heavy atom. The van der Waals surface area contributed by atoms with Crippen LogP contribution in [0.15, 0.2) is 36.4 Å². The second-order valence-corrected chi connectivity index (χ2v) is 8.38. The van der Waals surface area contributed by atoms with E-state index in [1.54, 1.807) is 18.2 Å². The maximum atomic E-state index is 13.5. The Kier molecular flexibility index (Phi) is 5.36. The monoisotopic (exact) mass is 442 g/mol. The van der Waals surface area contributed by atoms with E-state index in [1.807, 2.05) is 25.1 Å². The Balaban J connectivity index is 1.75. The number of ether oxygens (including phenoxy) is 1. The first kappa shape index (κ1) is 21.1. The highest BCUT2D eigenvalue weighted by atomic mass is 35.5. The molecule has 2 aliphatic heterocycles. The fraction of sp³-hybridized carbons (Fsp3) is 0.318. The van der Waals surface area contributed by atoms with E-state index < -0.39 is 23.4 Å². The van der Waals surface area contributed by atoms with Gasteiger partial charge in [-0.15, -0.1) is 0 Å². The molecule has 1 saturated heterocycles. The molecule has 3 atom stereocenters. The minimum absolute atomic E-state index is 0.0143. The van der Waals surface area contributed by atoms with Crippen LogP contribution in [0.4, 0.5) is 11.4 Å². The van der Waals surface area contributed by atoms with Gasteiger partial charge in [0, 0.05) is 28.7 Å². The summed E-state index contributed by atoms with van der Waals surface area (Å²) in [5, 5.41) is 9.41. The number of nitrogens with two attached hydrogens (primary N) is 1. The largest absolute Gasteiger partial charge is 0.495 e. The molecular weight excluding hydrogens is 420 g/mol. The molecule has 1 spiro atoms. The molecule has 8 nitrogen and oxygen atoms in total. The van der Waals surface area contributed by atoms with Crippen LogP contribution in [-0.4, -0.2) is 30.9 Å². The van der Waals surface area contributed by atoms with Crippen LogP contribution in [0.1, 0.15) is 24.0 Å². The number of amides is 3. The summed E-state index contributed by atoms with van der Waals surface area (Å²) in [6.07, 6.45) is 0.277. The number of carbonyl (C=O) groups is 3. The number of hydrogen-bond acceptors (Lipinski definition) is 5. The smallest absolute Gasteiger partial charge is 0.250 e. The van der Waals surface area contributed by atoms with Crippen LogP contribution < -0.4 is 26.4 Å². The van der Waals surface area contributed by atoms with Gasteiger partial charge in [0.25, 0.3) is 0 Å². The lowest BCUT2D eigenvalue weighted by Crippen LogP contribution is -2.52. The van der Waals surface area contributed by atoms with Gasteiger partial charge in [-0.3, -0.25) is 19.7 Å². The van der Waals surface area contributed by atoms with E-state index in [1.165, 1.54) is 7.11 Å². The summed E-state index contributed by atoms with van der Waals surface area (Å²) >= 11 is 6.09. The molecule has 2 aromatic rings. The molecule has 31 heavy (non-hydrogen) atoms. The second kappa shape index (κ2) is 7.86. The minimum atomic E-state index is -1.31. The van der Waals surface area contributed by atoms with Gasteiger partial charge in [0.1, 0.15) is 11.3 Å². The van der Waals surface area contributed by atoms with Gasteiger partial charge in [-0.05, 0) is 37.6 Å². The zero-order valence-corrected chi connectivity index (χ0v) is 17.9. The van der Waals surface area contributed by atoms with Crippen LogP contribution in [0.2, 0.25) is 5.02 Å². The van der Waals surface area contributed by atoms with Gasteiger partial charge in [-0.2, -0.15) is 0 Å². The van der Waals surface area contributed by atoms with Crippen molar-refractivity contribution in [3.05, 3.63) is 52.5 Å². The molecular formula is C22H23ClN4O4. The number of anilines is 2. The predicted molar refractivity (Wildman–Crippen MR) is 117 cm³/mol. The van der Waals surface area contributed by atoms with Crippen molar-refractivity contribution in [2.75, 3.05) is 17.7 Å². The molecule has 2 aliphatic rings. The summed E-state index contributed by atoms with van der Waals surface area (Å²) in [6, 6.07) is 10.0. The number of aryl methyl sites for hydroxylation is 1. The van der Waals surface area contributed by atoms with E-state index >= 15 is 0 Å². The summed E-state index contributed by atoms with van der Waals surface area (Å²) in [5.74, 6) is -1.57. The van der Waals surface area contributed by atoms with Crippen molar-refractivity contribution in [2.24, 2.45) is 11.7 Å². The lowest BCUT2D eigenvalue weighted by atomic mass is 9.79. The molecule has 9 heteroatoms. The second-order valence-electron chi connectivity index (χ2n) is 7.95. The van der Waals surface area contributed by atoms with Gasteiger partial charge in [0.05, 0.1) is 18.7 Å². The standard InChI is InChI=1S/C22H23ClN4O4/c1-11-3-5-16-14(7-11)22(21(30)26-16)15(9-13(27-22)10-19(24)28)20(29)25-17-8-12(23)4-6-18(17)31-2/h3-8,13,15,27H,9-10H2,1-2H3,(H2,24,28)(H,25,29)(H,26,30). The molecule has 3 unspecified atom stereocenters. The lowest BCUT2D eigenvalue weighted by Gasteiger charge is -2.29. The van der Waals surface area contributed by atoms with Crippen LogP contribution in [-0.2, 0) is 19.9 Å². The molecule has 0 radical (unpaired) electrons. The van der Waals surface area contributed by atoms with Crippen LogP contribution in [0.5, 0.6) is 5.75 Å². The highest BCUT2D eigenvalue weighted by Crippen LogP contribution is 2.48. The highest BCUT2D eigenvalue weighted by Gasteiger charge is 2.60. The van der Waals surface area contributed by atoms with E-state index in [4.69, 9.17) is 22.1 Å². The predicted octanol–water partition coefficient (Wildman–Crippen LogP) is 2.30. The molecule has 0 bridgehead atoms. The van der Waals surface area contributed by atoms with Crippen LogP contribution in [0, 0.1) is 12.8 Å². The number of methoxy groups -OCH3 is 1. The van der Waals surface area contributed by atoms with Crippen LogP contribution >= 0.6 is 11.6 Å². The number of benzene rings is 2. The molecule has 2 heterocycles. The zero-order valence-electron chi connectivity index (χ0n) is 17.1. The first-order valence-corrected chi connectivity index (χ1v) is 10.3. The first-order valence-electron chi connectivity index (χ1n) is 9.87. The van der Waals surface area contributed by atoms with Crippen molar-refractivity contribution in [3.63, 3.8) is 0 Å². The molecule has 0 aromatic heterocycles. The quantitative estimate of drug-likeness (QED) is 0.566. The number of hydrogen-bond donors (Lipinski definition) is 4. The molecule has 0 aliphatic carbocycles. The topological polar surface area (TPSA) is 123 Å². The van der Waals surface area contributed by atoms with Crippen molar-refractivity contribution >= 4 is 40.7 Å². The number of halogens is 1. The Labute approximate surface area is 184 Å². The fourth-order valence-corrected chi connectivity index (χ4v) is 4.72. The number of nitrogens with one attached hydrogen (secondary N) is 3. The summed E-state index contributed by atoms with van der Waals surface area (Å²) in [6.45, 7) is 1.92. The van der Waals surface area contributed by atoms with Gasteiger partial charge in [0.15, 0.2) is 0 Å². The first-order chi connectivity index (χ1) is 14.7. The Hall–Kier alpha value is -3.10. The summed E-state index contributed by atoms with van der Waals surface area (Å²) in [4.78, 5) is 38.3. The van der Waals surface area contributed by atoms with Crippen molar-refractivity contribution in [1.82, 2.24) is 5.32 Å². The summed E-state index contributed by atoms with van der Waals surface area (Å²) in [5.41, 5.74) is 6.76. The maximum Gasteiger partial charge on any atom is 0.250 e.